The molecule has 3 rings (SSSR count). The van der Waals surface area contributed by atoms with E-state index in [0.29, 0.717) is 0 Å². The zero-order chi connectivity index (χ0) is 21.2. The molecular weight excluding hydrogens is 424 g/mol. The minimum atomic E-state index is -4.12. The van der Waals surface area contributed by atoms with E-state index in [1.165, 1.54) is 25.3 Å². The molecule has 0 aliphatic rings. The van der Waals surface area contributed by atoms with Gasteiger partial charge in [-0.25, -0.2) is 30.3 Å². The van der Waals surface area contributed by atoms with Gasteiger partial charge in [0.1, 0.15) is 22.6 Å². The van der Waals surface area contributed by atoms with E-state index < -0.39 is 43.3 Å². The molecule has 6 nitrogen and oxygen atoms in total. The van der Waals surface area contributed by atoms with Crippen molar-refractivity contribution >= 4 is 19.9 Å². The number of sulfone groups is 1. The second kappa shape index (κ2) is 8.05. The van der Waals surface area contributed by atoms with Crippen molar-refractivity contribution < 1.29 is 30.0 Å². The molecule has 0 bridgehead atoms. The van der Waals surface area contributed by atoms with Gasteiger partial charge < -0.3 is 4.42 Å². The van der Waals surface area contributed by atoms with E-state index in [0.717, 1.165) is 42.5 Å². The van der Waals surface area contributed by atoms with E-state index >= 15 is 0 Å². The lowest BCUT2D eigenvalue weighted by Gasteiger charge is -2.17. The molecule has 154 valence electrons. The monoisotopic (exact) mass is 441 g/mol. The molecule has 0 saturated carbocycles. The van der Waals surface area contributed by atoms with E-state index in [2.05, 4.69) is 4.72 Å². The first-order valence-corrected chi connectivity index (χ1v) is 11.4. The minimum Gasteiger partial charge on any atom is -0.468 e. The highest BCUT2D eigenvalue weighted by molar-refractivity contribution is 7.92. The van der Waals surface area contributed by atoms with Gasteiger partial charge in [-0.1, -0.05) is 0 Å². The van der Waals surface area contributed by atoms with Crippen molar-refractivity contribution in [2.24, 2.45) is 0 Å². The largest absolute Gasteiger partial charge is 0.468 e. The van der Waals surface area contributed by atoms with Gasteiger partial charge in [0, 0.05) is 6.54 Å². The molecule has 0 aliphatic heterocycles. The van der Waals surface area contributed by atoms with Crippen molar-refractivity contribution in [3.05, 3.63) is 83.8 Å². The Morgan fingerprint density at radius 3 is 2.21 bits per heavy atom. The van der Waals surface area contributed by atoms with Gasteiger partial charge in [-0.3, -0.25) is 0 Å². The number of nitrogens with one attached hydrogen (secondary N) is 1. The van der Waals surface area contributed by atoms with E-state index in [1.54, 1.807) is 0 Å². The van der Waals surface area contributed by atoms with E-state index in [9.17, 15) is 25.6 Å². The summed E-state index contributed by atoms with van der Waals surface area (Å²) in [7, 11) is -8.23. The van der Waals surface area contributed by atoms with Crippen molar-refractivity contribution in [1.82, 2.24) is 4.72 Å². The van der Waals surface area contributed by atoms with Gasteiger partial charge in [-0.05, 0) is 67.1 Å². The molecule has 0 aliphatic carbocycles. The fraction of sp³-hybridized carbons (Fsp3) is 0.158. The molecule has 29 heavy (non-hydrogen) atoms. The lowest BCUT2D eigenvalue weighted by molar-refractivity contribution is 0.486. The first-order valence-electron chi connectivity index (χ1n) is 8.40. The maximum atomic E-state index is 13.4. The number of aryl methyl sites for hydroxylation is 1. The van der Waals surface area contributed by atoms with E-state index in [1.807, 2.05) is 0 Å². The number of sulfonamides is 1. The van der Waals surface area contributed by atoms with Gasteiger partial charge >= 0.3 is 0 Å². The van der Waals surface area contributed by atoms with E-state index in [4.69, 9.17) is 4.42 Å². The van der Waals surface area contributed by atoms with Gasteiger partial charge in [0.25, 0.3) is 0 Å². The summed E-state index contributed by atoms with van der Waals surface area (Å²) in [6, 6.07) is 10.3. The summed E-state index contributed by atoms with van der Waals surface area (Å²) in [4.78, 5) is -0.383. The van der Waals surface area contributed by atoms with Crippen LogP contribution in [0.2, 0.25) is 0 Å². The molecule has 3 aromatic rings. The fourth-order valence-corrected chi connectivity index (χ4v) is 5.50. The quantitative estimate of drug-likeness (QED) is 0.568. The zero-order valence-corrected chi connectivity index (χ0v) is 16.8. The Hall–Kier alpha value is -2.56. The maximum absolute atomic E-state index is 13.4. The standard InChI is InChI=1S/C19H17F2NO5S2/c1-13-11-16(8-9-17(13)21)29(25,26)22-12-19(18-3-2-10-27-18)28(23,24)15-6-4-14(20)5-7-15/h2-11,19,22H,12H2,1H3. The Balaban J connectivity index is 1.93. The molecule has 0 fully saturated rings. The van der Waals surface area contributed by atoms with Gasteiger partial charge in [-0.2, -0.15) is 0 Å². The van der Waals surface area contributed by atoms with Crippen LogP contribution >= 0.6 is 0 Å². The summed E-state index contributed by atoms with van der Waals surface area (Å²) in [5, 5.41) is -1.39. The number of hydrogen-bond donors (Lipinski definition) is 1. The van der Waals surface area contributed by atoms with Crippen LogP contribution in [0, 0.1) is 18.6 Å². The van der Waals surface area contributed by atoms with Crippen LogP contribution in [0.3, 0.4) is 0 Å². The van der Waals surface area contributed by atoms with Crippen LogP contribution in [0.4, 0.5) is 8.78 Å². The minimum absolute atomic E-state index is 0.0207. The van der Waals surface area contributed by atoms with Crippen LogP contribution in [0.25, 0.3) is 0 Å². The molecule has 0 amide bonds. The lowest BCUT2D eigenvalue weighted by Crippen LogP contribution is -2.32. The van der Waals surface area contributed by atoms with Crippen molar-refractivity contribution in [2.45, 2.75) is 22.0 Å². The third-order valence-electron chi connectivity index (χ3n) is 4.28. The first kappa shape index (κ1) is 21.2. The molecule has 1 heterocycles. The zero-order valence-electron chi connectivity index (χ0n) is 15.2. The number of furan rings is 1. The molecular formula is C19H17F2NO5S2. The highest BCUT2D eigenvalue weighted by atomic mass is 32.2. The van der Waals surface area contributed by atoms with Gasteiger partial charge in [0.2, 0.25) is 10.0 Å². The number of benzene rings is 2. The Kier molecular flexibility index (Phi) is 5.87. The molecule has 2 aromatic carbocycles. The summed E-state index contributed by atoms with van der Waals surface area (Å²) in [6.45, 7) is 0.880. The molecule has 10 heteroatoms. The van der Waals surface area contributed by atoms with Crippen LogP contribution in [0.1, 0.15) is 16.6 Å². The number of halogens is 2. The molecule has 1 N–H and O–H groups in total. The van der Waals surface area contributed by atoms with Crippen molar-refractivity contribution in [3.63, 3.8) is 0 Å². The molecule has 1 aromatic heterocycles. The van der Waals surface area contributed by atoms with Crippen LogP contribution in [-0.2, 0) is 19.9 Å². The normalized spacial score (nSPS) is 13.3. The molecule has 0 spiro atoms. The third-order valence-corrected chi connectivity index (χ3v) is 7.77. The summed E-state index contributed by atoms with van der Waals surface area (Å²) in [5.74, 6) is -1.14. The second-order valence-corrected chi connectivity index (χ2v) is 10.2. The summed E-state index contributed by atoms with van der Waals surface area (Å²) >= 11 is 0. The Bertz CT molecular complexity index is 1210. The summed E-state index contributed by atoms with van der Waals surface area (Å²) in [5.41, 5.74) is 0.134. The van der Waals surface area contributed by atoms with E-state index in [-0.39, 0.29) is 21.1 Å². The van der Waals surface area contributed by atoms with Crippen molar-refractivity contribution in [3.8, 4) is 0 Å². The molecule has 1 unspecified atom stereocenters. The Morgan fingerprint density at radius 1 is 0.966 bits per heavy atom. The van der Waals surface area contributed by atoms with Crippen molar-refractivity contribution in [1.29, 1.82) is 0 Å². The number of rotatable bonds is 7. The fourth-order valence-electron chi connectivity index (χ4n) is 2.68. The maximum Gasteiger partial charge on any atom is 0.240 e. The average molecular weight is 441 g/mol. The Labute approximate surface area is 167 Å². The van der Waals surface area contributed by atoms with Crippen LogP contribution in [0.15, 0.2) is 75.1 Å². The number of hydrogen-bond acceptors (Lipinski definition) is 5. The molecule has 0 saturated heterocycles. The predicted octanol–water partition coefficient (Wildman–Crippen LogP) is 3.36. The highest BCUT2D eigenvalue weighted by Crippen LogP contribution is 2.29. The average Bonchev–Trinajstić information content (AvgIpc) is 3.18. The van der Waals surface area contributed by atoms with Gasteiger partial charge in [0.15, 0.2) is 9.84 Å². The summed E-state index contributed by atoms with van der Waals surface area (Å²) < 4.78 is 85.2. The second-order valence-electron chi connectivity index (χ2n) is 6.27. The smallest absolute Gasteiger partial charge is 0.240 e. The lowest BCUT2D eigenvalue weighted by atomic mass is 10.2. The van der Waals surface area contributed by atoms with Gasteiger partial charge in [-0.15, -0.1) is 0 Å². The van der Waals surface area contributed by atoms with Crippen molar-refractivity contribution in [2.75, 3.05) is 6.54 Å². The first-order chi connectivity index (χ1) is 13.6. The Morgan fingerprint density at radius 2 is 1.62 bits per heavy atom. The molecule has 1 atom stereocenters. The van der Waals surface area contributed by atoms with Crippen LogP contribution in [-0.4, -0.2) is 23.4 Å². The SMILES string of the molecule is Cc1cc(S(=O)(=O)NCC(c2ccco2)S(=O)(=O)c2ccc(F)cc2)ccc1F. The van der Waals surface area contributed by atoms with Crippen LogP contribution < -0.4 is 4.72 Å². The highest BCUT2D eigenvalue weighted by Gasteiger charge is 2.33. The van der Waals surface area contributed by atoms with Crippen LogP contribution in [0.5, 0.6) is 0 Å². The summed E-state index contributed by atoms with van der Waals surface area (Å²) in [6.07, 6.45) is 1.26. The molecule has 0 radical (unpaired) electrons. The predicted molar refractivity (Wildman–Crippen MR) is 101 cm³/mol. The van der Waals surface area contributed by atoms with Gasteiger partial charge in [0.05, 0.1) is 16.1 Å². The third kappa shape index (κ3) is 4.55. The topological polar surface area (TPSA) is 93.4 Å².